The van der Waals surface area contributed by atoms with Gasteiger partial charge in [-0.3, -0.25) is 0 Å². The van der Waals surface area contributed by atoms with Gasteiger partial charge in [0.1, 0.15) is 18.5 Å². The molecule has 0 saturated heterocycles. The van der Waals surface area contributed by atoms with Crippen LogP contribution in [0, 0.1) is 12.8 Å². The lowest BCUT2D eigenvalue weighted by atomic mass is 10.2. The molecule has 0 aliphatic heterocycles. The highest BCUT2D eigenvalue weighted by Gasteiger charge is 2.20. The average molecular weight is 284 g/mol. The number of aryl methyl sites for hydroxylation is 1. The summed E-state index contributed by atoms with van der Waals surface area (Å²) in [5.41, 5.74) is 0.983. The van der Waals surface area contributed by atoms with Crippen molar-refractivity contribution in [1.29, 1.82) is 0 Å². The third kappa shape index (κ3) is 5.39. The summed E-state index contributed by atoms with van der Waals surface area (Å²) in [6, 6.07) is 5.52. The van der Waals surface area contributed by atoms with E-state index in [1.54, 1.807) is 0 Å². The van der Waals surface area contributed by atoms with Gasteiger partial charge in [-0.05, 0) is 49.6 Å². The van der Waals surface area contributed by atoms with Crippen LogP contribution in [0.25, 0.3) is 0 Å². The van der Waals surface area contributed by atoms with E-state index in [1.807, 2.05) is 25.1 Å². The van der Waals surface area contributed by atoms with Gasteiger partial charge in [0, 0.05) is 11.6 Å². The van der Waals surface area contributed by atoms with Crippen molar-refractivity contribution in [2.75, 3.05) is 19.7 Å². The zero-order valence-corrected chi connectivity index (χ0v) is 12.1. The normalized spacial score (nSPS) is 16.4. The Bertz CT molecular complexity index is 407. The second kappa shape index (κ2) is 7.13. The van der Waals surface area contributed by atoms with Crippen molar-refractivity contribution in [3.63, 3.8) is 0 Å². The molecule has 0 amide bonds. The van der Waals surface area contributed by atoms with Crippen molar-refractivity contribution < 1.29 is 9.84 Å². The summed E-state index contributed by atoms with van der Waals surface area (Å²) in [5.74, 6) is 1.68. The first-order chi connectivity index (χ1) is 9.15. The van der Waals surface area contributed by atoms with E-state index in [4.69, 9.17) is 16.3 Å². The summed E-state index contributed by atoms with van der Waals surface area (Å²) < 4.78 is 5.55. The van der Waals surface area contributed by atoms with E-state index in [9.17, 15) is 5.11 Å². The van der Waals surface area contributed by atoms with E-state index >= 15 is 0 Å². The standard InChI is InChI=1S/C15H22ClNO2/c1-11-8-14(4-5-15(11)16)19-10-13(18)9-17-7-6-12-2-3-12/h4-5,8,12-13,17-18H,2-3,6-7,9-10H2,1H3. The largest absolute Gasteiger partial charge is 0.491 e. The van der Waals surface area contributed by atoms with Crippen LogP contribution in [0.5, 0.6) is 5.75 Å². The minimum atomic E-state index is -0.477. The highest BCUT2D eigenvalue weighted by atomic mass is 35.5. The molecule has 19 heavy (non-hydrogen) atoms. The maximum atomic E-state index is 9.80. The predicted octanol–water partition coefficient (Wildman–Crippen LogP) is 2.78. The molecule has 1 saturated carbocycles. The fourth-order valence-corrected chi connectivity index (χ4v) is 2.06. The molecule has 1 unspecified atom stereocenters. The van der Waals surface area contributed by atoms with Crippen LogP contribution in [-0.4, -0.2) is 30.9 Å². The molecule has 4 heteroatoms. The number of aliphatic hydroxyl groups excluding tert-OH is 1. The number of benzene rings is 1. The topological polar surface area (TPSA) is 41.5 Å². The monoisotopic (exact) mass is 283 g/mol. The molecule has 1 aromatic carbocycles. The first-order valence-corrected chi connectivity index (χ1v) is 7.30. The molecule has 1 aliphatic rings. The van der Waals surface area contributed by atoms with E-state index in [-0.39, 0.29) is 0 Å². The SMILES string of the molecule is Cc1cc(OCC(O)CNCCC2CC2)ccc1Cl. The van der Waals surface area contributed by atoms with Crippen molar-refractivity contribution in [2.24, 2.45) is 5.92 Å². The zero-order valence-electron chi connectivity index (χ0n) is 11.4. The van der Waals surface area contributed by atoms with E-state index in [0.717, 1.165) is 28.8 Å². The molecule has 2 N–H and O–H groups in total. The van der Waals surface area contributed by atoms with E-state index in [2.05, 4.69) is 5.32 Å². The lowest BCUT2D eigenvalue weighted by Gasteiger charge is -2.13. The number of aliphatic hydroxyl groups is 1. The molecule has 0 heterocycles. The first-order valence-electron chi connectivity index (χ1n) is 6.93. The minimum Gasteiger partial charge on any atom is -0.491 e. The summed E-state index contributed by atoms with van der Waals surface area (Å²) >= 11 is 5.94. The fourth-order valence-electron chi connectivity index (χ4n) is 1.94. The van der Waals surface area contributed by atoms with Gasteiger partial charge < -0.3 is 15.2 Å². The number of hydrogen-bond acceptors (Lipinski definition) is 3. The summed E-state index contributed by atoms with van der Waals surface area (Å²) in [6.45, 7) is 3.81. The maximum absolute atomic E-state index is 9.80. The maximum Gasteiger partial charge on any atom is 0.119 e. The number of nitrogens with one attached hydrogen (secondary N) is 1. The summed E-state index contributed by atoms with van der Waals surface area (Å²) in [4.78, 5) is 0. The molecule has 1 atom stereocenters. The number of halogens is 1. The summed E-state index contributed by atoms with van der Waals surface area (Å²) in [6.07, 6.45) is 3.51. The lowest BCUT2D eigenvalue weighted by molar-refractivity contribution is 0.106. The van der Waals surface area contributed by atoms with Crippen LogP contribution in [-0.2, 0) is 0 Å². The Hall–Kier alpha value is -0.770. The third-order valence-electron chi connectivity index (χ3n) is 3.38. The summed E-state index contributed by atoms with van der Waals surface area (Å²) in [7, 11) is 0. The van der Waals surface area contributed by atoms with E-state index in [1.165, 1.54) is 19.3 Å². The molecule has 2 rings (SSSR count). The van der Waals surface area contributed by atoms with Crippen LogP contribution < -0.4 is 10.1 Å². The van der Waals surface area contributed by atoms with Gasteiger partial charge in [0.05, 0.1) is 0 Å². The fraction of sp³-hybridized carbons (Fsp3) is 0.600. The van der Waals surface area contributed by atoms with Crippen molar-refractivity contribution in [3.05, 3.63) is 28.8 Å². The molecule has 106 valence electrons. The molecule has 1 fully saturated rings. The van der Waals surface area contributed by atoms with Gasteiger partial charge in [-0.15, -0.1) is 0 Å². The Kier molecular flexibility index (Phi) is 5.49. The molecule has 3 nitrogen and oxygen atoms in total. The van der Waals surface area contributed by atoms with Crippen LogP contribution in [0.4, 0.5) is 0 Å². The van der Waals surface area contributed by atoms with Crippen LogP contribution in [0.15, 0.2) is 18.2 Å². The first kappa shape index (κ1) is 14.6. The predicted molar refractivity (Wildman–Crippen MR) is 77.9 cm³/mol. The second-order valence-corrected chi connectivity index (χ2v) is 5.72. The smallest absolute Gasteiger partial charge is 0.119 e. The Balaban J connectivity index is 1.61. The number of ether oxygens (including phenoxy) is 1. The van der Waals surface area contributed by atoms with Gasteiger partial charge in [0.25, 0.3) is 0 Å². The number of rotatable bonds is 8. The Morgan fingerprint density at radius 1 is 1.47 bits per heavy atom. The van der Waals surface area contributed by atoms with Gasteiger partial charge in [-0.1, -0.05) is 24.4 Å². The number of hydrogen-bond donors (Lipinski definition) is 2. The van der Waals surface area contributed by atoms with E-state index < -0.39 is 6.10 Å². The molecular weight excluding hydrogens is 262 g/mol. The quantitative estimate of drug-likeness (QED) is 0.721. The van der Waals surface area contributed by atoms with Crippen molar-refractivity contribution in [2.45, 2.75) is 32.3 Å². The molecule has 1 aliphatic carbocycles. The molecule has 0 bridgehead atoms. The van der Waals surface area contributed by atoms with Crippen LogP contribution in [0.2, 0.25) is 5.02 Å². The van der Waals surface area contributed by atoms with Crippen molar-refractivity contribution in [1.82, 2.24) is 5.32 Å². The highest BCUT2D eigenvalue weighted by Crippen LogP contribution is 2.31. The van der Waals surface area contributed by atoms with Gasteiger partial charge in [-0.2, -0.15) is 0 Å². The van der Waals surface area contributed by atoms with Crippen LogP contribution in [0.3, 0.4) is 0 Å². The zero-order chi connectivity index (χ0) is 13.7. The third-order valence-corrected chi connectivity index (χ3v) is 3.80. The molecule has 0 aromatic heterocycles. The highest BCUT2D eigenvalue weighted by molar-refractivity contribution is 6.31. The van der Waals surface area contributed by atoms with Gasteiger partial charge >= 0.3 is 0 Å². The Morgan fingerprint density at radius 2 is 2.26 bits per heavy atom. The average Bonchev–Trinajstić information content (AvgIpc) is 3.20. The van der Waals surface area contributed by atoms with Crippen molar-refractivity contribution in [3.8, 4) is 5.75 Å². The van der Waals surface area contributed by atoms with Gasteiger partial charge in [0.2, 0.25) is 0 Å². The van der Waals surface area contributed by atoms with Gasteiger partial charge in [-0.25, -0.2) is 0 Å². The summed E-state index contributed by atoms with van der Waals surface area (Å²) in [5, 5.41) is 13.8. The molecule has 1 aromatic rings. The molecule has 0 spiro atoms. The lowest BCUT2D eigenvalue weighted by Crippen LogP contribution is -2.32. The van der Waals surface area contributed by atoms with Crippen molar-refractivity contribution >= 4 is 11.6 Å². The van der Waals surface area contributed by atoms with E-state index in [0.29, 0.717) is 13.2 Å². The van der Waals surface area contributed by atoms with Gasteiger partial charge in [0.15, 0.2) is 0 Å². The second-order valence-electron chi connectivity index (χ2n) is 5.31. The Labute approximate surface area is 119 Å². The minimum absolute atomic E-state index is 0.303. The molecular formula is C15H22ClNO2. The molecule has 0 radical (unpaired) electrons. The Morgan fingerprint density at radius 3 is 2.95 bits per heavy atom. The van der Waals surface area contributed by atoms with Crippen LogP contribution >= 0.6 is 11.6 Å². The van der Waals surface area contributed by atoms with Crippen LogP contribution in [0.1, 0.15) is 24.8 Å².